The van der Waals surface area contributed by atoms with Gasteiger partial charge in [-0.2, -0.15) is 0 Å². The second kappa shape index (κ2) is 11.9. The normalized spacial score (nSPS) is 19.8. The largest absolute Gasteiger partial charge is 0.321 e. The van der Waals surface area contributed by atoms with Crippen LogP contribution in [-0.2, 0) is 4.79 Å². The zero-order valence-electron chi connectivity index (χ0n) is 18.0. The van der Waals surface area contributed by atoms with E-state index in [-0.39, 0.29) is 11.8 Å². The van der Waals surface area contributed by atoms with Gasteiger partial charge in [0.25, 0.3) is 0 Å². The molecule has 0 aliphatic heterocycles. The van der Waals surface area contributed by atoms with Crippen LogP contribution < -0.4 is 5.32 Å². The highest BCUT2D eigenvalue weighted by molar-refractivity contribution is 7.99. The molecule has 0 saturated carbocycles. The third kappa shape index (κ3) is 6.24. The third-order valence-corrected chi connectivity index (χ3v) is 7.21. The topological polar surface area (TPSA) is 54.9 Å². The Balaban J connectivity index is 2.12. The molecule has 0 fully saturated rings. The van der Waals surface area contributed by atoms with Gasteiger partial charge in [-0.15, -0.1) is 23.5 Å². The second-order valence-electron chi connectivity index (χ2n) is 7.79. The van der Waals surface area contributed by atoms with Crippen molar-refractivity contribution in [3.63, 3.8) is 0 Å². The first-order valence-electron chi connectivity index (χ1n) is 10.4. The van der Waals surface area contributed by atoms with Crippen LogP contribution in [0.1, 0.15) is 72.1 Å². The fourth-order valence-corrected chi connectivity index (χ4v) is 5.06. The predicted octanol–water partition coefficient (Wildman–Crippen LogP) is 6.58. The molecule has 1 N–H and O–H groups in total. The Morgan fingerprint density at radius 2 is 1.64 bits per heavy atom. The minimum absolute atomic E-state index is 0.0412. The maximum absolute atomic E-state index is 13.3. The summed E-state index contributed by atoms with van der Waals surface area (Å²) in [6.45, 7) is 6.66. The van der Waals surface area contributed by atoms with E-state index < -0.39 is 0 Å². The van der Waals surface area contributed by atoms with Crippen molar-refractivity contribution in [2.45, 2.75) is 82.2 Å². The number of carbonyl (C=O) groups is 1. The van der Waals surface area contributed by atoms with Crippen molar-refractivity contribution in [1.29, 1.82) is 0 Å². The summed E-state index contributed by atoms with van der Waals surface area (Å²) in [6.07, 6.45) is 15.0. The maximum Gasteiger partial charge on any atom is 0.228 e. The number of carbonyl (C=O) groups excluding carboxylic acids is 1. The lowest BCUT2D eigenvalue weighted by Gasteiger charge is -2.32. The van der Waals surface area contributed by atoms with Gasteiger partial charge in [0.15, 0.2) is 0 Å². The van der Waals surface area contributed by atoms with E-state index in [0.717, 1.165) is 35.0 Å². The molecule has 0 bridgehead atoms. The number of anilines is 1. The van der Waals surface area contributed by atoms with Crippen molar-refractivity contribution >= 4 is 35.1 Å². The lowest BCUT2D eigenvalue weighted by molar-refractivity contribution is -0.121. The minimum atomic E-state index is 0.0412. The molecule has 1 heterocycles. The molecule has 2 atom stereocenters. The zero-order chi connectivity index (χ0) is 20.5. The average Bonchev–Trinajstić information content (AvgIpc) is 2.70. The lowest BCUT2D eigenvalue weighted by Crippen LogP contribution is -2.33. The third-order valence-electron chi connectivity index (χ3n) is 5.82. The molecule has 2 unspecified atom stereocenters. The van der Waals surface area contributed by atoms with Gasteiger partial charge in [-0.25, -0.2) is 9.97 Å². The van der Waals surface area contributed by atoms with Crippen molar-refractivity contribution < 1.29 is 4.79 Å². The number of aromatic nitrogens is 2. The first-order valence-corrected chi connectivity index (χ1v) is 12.9. The van der Waals surface area contributed by atoms with E-state index in [0.29, 0.717) is 5.92 Å². The first kappa shape index (κ1) is 23.3. The van der Waals surface area contributed by atoms with Gasteiger partial charge >= 0.3 is 0 Å². The van der Waals surface area contributed by atoms with Gasteiger partial charge in [-0.05, 0) is 51.5 Å². The van der Waals surface area contributed by atoms with Gasteiger partial charge in [-0.1, -0.05) is 50.2 Å². The Kier molecular flexibility index (Phi) is 9.86. The number of nitrogens with zero attached hydrogens (tertiary/aromatic N) is 2. The summed E-state index contributed by atoms with van der Waals surface area (Å²) in [6, 6.07) is 0. The van der Waals surface area contributed by atoms with Crippen molar-refractivity contribution in [2.24, 2.45) is 11.8 Å². The molecule has 28 heavy (non-hydrogen) atoms. The molecule has 0 saturated heterocycles. The Hall–Kier alpha value is -1.01. The molecule has 0 radical (unpaired) electrons. The summed E-state index contributed by atoms with van der Waals surface area (Å²) < 4.78 is 0. The monoisotopic (exact) mass is 421 g/mol. The van der Waals surface area contributed by atoms with E-state index in [2.05, 4.69) is 36.1 Å². The van der Waals surface area contributed by atoms with Crippen molar-refractivity contribution in [1.82, 2.24) is 9.97 Å². The van der Waals surface area contributed by atoms with Gasteiger partial charge in [0, 0.05) is 5.92 Å². The van der Waals surface area contributed by atoms with E-state index in [1.165, 1.54) is 43.3 Å². The lowest BCUT2D eigenvalue weighted by atomic mass is 9.74. The SMILES string of the molecule is CCCCCCCC1CC(C)=C(C)CC1C(=O)Nc1c(SC)ncnc1SC. The standard InChI is InChI=1S/C22H35N3OS2/c1-6-7-8-9-10-11-17-12-15(2)16(3)13-18(17)20(26)25-19-21(27-4)23-14-24-22(19)28-5/h14,17-18H,6-13H2,1-5H3,(H,25,26). The van der Waals surface area contributed by atoms with Crippen LogP contribution in [0, 0.1) is 11.8 Å². The molecule has 1 aromatic heterocycles. The van der Waals surface area contributed by atoms with E-state index in [1.54, 1.807) is 29.9 Å². The summed E-state index contributed by atoms with van der Waals surface area (Å²) in [5, 5.41) is 4.87. The van der Waals surface area contributed by atoms with Crippen molar-refractivity contribution in [3.05, 3.63) is 17.5 Å². The molecule has 1 aromatic rings. The highest BCUT2D eigenvalue weighted by Crippen LogP contribution is 2.39. The predicted molar refractivity (Wildman–Crippen MR) is 122 cm³/mol. The van der Waals surface area contributed by atoms with Crippen LogP contribution in [0.15, 0.2) is 27.5 Å². The Morgan fingerprint density at radius 3 is 2.25 bits per heavy atom. The Bertz CT molecular complexity index is 668. The molecule has 2 rings (SSSR count). The number of rotatable bonds is 10. The molecule has 1 amide bonds. The number of thioether (sulfide) groups is 2. The van der Waals surface area contributed by atoms with Crippen LogP contribution in [0.25, 0.3) is 0 Å². The molecule has 1 aliphatic carbocycles. The van der Waals surface area contributed by atoms with Gasteiger partial charge in [0.1, 0.15) is 22.1 Å². The highest BCUT2D eigenvalue weighted by Gasteiger charge is 2.33. The van der Waals surface area contributed by atoms with Crippen LogP contribution in [0.4, 0.5) is 5.69 Å². The van der Waals surface area contributed by atoms with E-state index in [4.69, 9.17) is 0 Å². The summed E-state index contributed by atoms with van der Waals surface area (Å²) in [5.74, 6) is 0.607. The molecule has 0 aromatic carbocycles. The maximum atomic E-state index is 13.3. The highest BCUT2D eigenvalue weighted by atomic mass is 32.2. The van der Waals surface area contributed by atoms with Crippen LogP contribution in [0.3, 0.4) is 0 Å². The summed E-state index contributed by atoms with van der Waals surface area (Å²) in [5.41, 5.74) is 3.63. The molecule has 156 valence electrons. The van der Waals surface area contributed by atoms with Crippen LogP contribution >= 0.6 is 23.5 Å². The summed E-state index contributed by atoms with van der Waals surface area (Å²) in [4.78, 5) is 22.0. The van der Waals surface area contributed by atoms with E-state index in [9.17, 15) is 4.79 Å². The average molecular weight is 422 g/mol. The zero-order valence-corrected chi connectivity index (χ0v) is 19.6. The summed E-state index contributed by atoms with van der Waals surface area (Å²) in [7, 11) is 0. The minimum Gasteiger partial charge on any atom is -0.321 e. The van der Waals surface area contributed by atoms with Gasteiger partial charge < -0.3 is 5.32 Å². The van der Waals surface area contributed by atoms with Crippen molar-refractivity contribution in [3.8, 4) is 0 Å². The van der Waals surface area contributed by atoms with Crippen molar-refractivity contribution in [2.75, 3.05) is 17.8 Å². The Morgan fingerprint density at radius 1 is 1.04 bits per heavy atom. The van der Waals surface area contributed by atoms with Gasteiger partial charge in [0.2, 0.25) is 5.91 Å². The molecule has 0 spiro atoms. The fourth-order valence-electron chi connectivity index (χ4n) is 3.99. The smallest absolute Gasteiger partial charge is 0.228 e. The molecule has 4 nitrogen and oxygen atoms in total. The molecular formula is C22H35N3OS2. The number of unbranched alkanes of at least 4 members (excludes halogenated alkanes) is 4. The van der Waals surface area contributed by atoms with Crippen LogP contribution in [0.5, 0.6) is 0 Å². The van der Waals surface area contributed by atoms with Gasteiger partial charge in [-0.3, -0.25) is 4.79 Å². The number of hydrogen-bond donors (Lipinski definition) is 1. The molecule has 6 heteroatoms. The number of hydrogen-bond acceptors (Lipinski definition) is 5. The van der Waals surface area contributed by atoms with Crippen LogP contribution in [-0.4, -0.2) is 28.4 Å². The summed E-state index contributed by atoms with van der Waals surface area (Å²) >= 11 is 3.10. The number of allylic oxidation sites excluding steroid dienone is 2. The molecular weight excluding hydrogens is 386 g/mol. The van der Waals surface area contributed by atoms with E-state index >= 15 is 0 Å². The number of nitrogens with one attached hydrogen (secondary N) is 1. The van der Waals surface area contributed by atoms with Crippen LogP contribution in [0.2, 0.25) is 0 Å². The second-order valence-corrected chi connectivity index (χ2v) is 9.38. The molecule has 1 aliphatic rings. The Labute approximate surface area is 179 Å². The van der Waals surface area contributed by atoms with E-state index in [1.807, 2.05) is 12.5 Å². The first-order chi connectivity index (χ1) is 13.5. The fraction of sp³-hybridized carbons (Fsp3) is 0.682. The number of amides is 1. The van der Waals surface area contributed by atoms with Gasteiger partial charge in [0.05, 0.1) is 0 Å². The quantitative estimate of drug-likeness (QED) is 0.200.